The zero-order chi connectivity index (χ0) is 6.55. The lowest BCUT2D eigenvalue weighted by atomic mass is 10.2. The SMILES string of the molecule is c1cc2[nH]c1c1c[nH]cc21. The standard InChI is InChI=1S/C8H6N2/c1-2-8-6-4-9-3-5(6)7(1)10-8/h1-4,9-10H. The van der Waals surface area contributed by atoms with Crippen molar-refractivity contribution < 1.29 is 0 Å². The van der Waals surface area contributed by atoms with Crippen LogP contribution in [-0.2, 0) is 0 Å². The molecule has 0 aliphatic heterocycles. The number of hydrogen-bond acceptors (Lipinski definition) is 0. The first-order chi connectivity index (χ1) is 4.95. The molecular formula is C8H6N2. The van der Waals surface area contributed by atoms with E-state index in [0.29, 0.717) is 0 Å². The molecule has 0 saturated heterocycles. The van der Waals surface area contributed by atoms with Crippen molar-refractivity contribution in [2.75, 3.05) is 0 Å². The summed E-state index contributed by atoms with van der Waals surface area (Å²) in [7, 11) is 0. The average Bonchev–Trinajstić information content (AvgIpc) is 2.60. The van der Waals surface area contributed by atoms with Crippen molar-refractivity contribution in [1.29, 1.82) is 0 Å². The van der Waals surface area contributed by atoms with Gasteiger partial charge in [0, 0.05) is 34.2 Å². The molecule has 0 aromatic carbocycles. The van der Waals surface area contributed by atoms with Crippen LogP contribution in [-0.4, -0.2) is 9.97 Å². The summed E-state index contributed by atoms with van der Waals surface area (Å²) in [6.07, 6.45) is 4.04. The van der Waals surface area contributed by atoms with Crippen molar-refractivity contribution in [3.8, 4) is 0 Å². The summed E-state index contributed by atoms with van der Waals surface area (Å²) in [4.78, 5) is 6.35. The maximum Gasteiger partial charge on any atom is 0.0480 e. The molecule has 0 amide bonds. The van der Waals surface area contributed by atoms with Crippen molar-refractivity contribution in [3.05, 3.63) is 24.5 Å². The highest BCUT2D eigenvalue weighted by Crippen LogP contribution is 2.26. The summed E-state index contributed by atoms with van der Waals surface area (Å²) in [6, 6.07) is 4.21. The molecule has 0 fully saturated rings. The Morgan fingerprint density at radius 3 is 2.10 bits per heavy atom. The van der Waals surface area contributed by atoms with Gasteiger partial charge in [-0.25, -0.2) is 0 Å². The Hall–Kier alpha value is -1.44. The highest BCUT2D eigenvalue weighted by molar-refractivity contribution is 6.09. The van der Waals surface area contributed by atoms with E-state index in [9.17, 15) is 0 Å². The molecule has 0 saturated carbocycles. The lowest BCUT2D eigenvalue weighted by Crippen LogP contribution is -1.54. The van der Waals surface area contributed by atoms with Crippen molar-refractivity contribution in [2.45, 2.75) is 0 Å². The van der Waals surface area contributed by atoms with E-state index in [1.807, 2.05) is 12.4 Å². The van der Waals surface area contributed by atoms with Gasteiger partial charge in [-0.3, -0.25) is 0 Å². The van der Waals surface area contributed by atoms with E-state index in [0.717, 1.165) is 0 Å². The Balaban J connectivity index is 2.88. The minimum Gasteiger partial charge on any atom is -0.366 e. The zero-order valence-corrected chi connectivity index (χ0v) is 5.31. The third-order valence-corrected chi connectivity index (χ3v) is 2.01. The fourth-order valence-electron chi connectivity index (χ4n) is 1.52. The predicted molar refractivity (Wildman–Crippen MR) is 41.3 cm³/mol. The molecule has 0 aliphatic carbocycles. The lowest BCUT2D eigenvalue weighted by molar-refractivity contribution is 1.42. The second-order valence-corrected chi connectivity index (χ2v) is 2.57. The maximum atomic E-state index is 3.28. The van der Waals surface area contributed by atoms with Gasteiger partial charge in [-0.05, 0) is 12.1 Å². The number of fused-ring (bicyclic) bond motifs is 5. The smallest absolute Gasteiger partial charge is 0.0480 e. The summed E-state index contributed by atoms with van der Waals surface area (Å²) < 4.78 is 0. The van der Waals surface area contributed by atoms with Gasteiger partial charge in [-0.15, -0.1) is 0 Å². The van der Waals surface area contributed by atoms with Crippen LogP contribution in [0.2, 0.25) is 0 Å². The van der Waals surface area contributed by atoms with E-state index in [2.05, 4.69) is 22.1 Å². The first kappa shape index (κ1) is 4.39. The van der Waals surface area contributed by atoms with Gasteiger partial charge < -0.3 is 9.97 Å². The Morgan fingerprint density at radius 2 is 1.50 bits per heavy atom. The van der Waals surface area contributed by atoms with Gasteiger partial charge in [-0.2, -0.15) is 0 Å². The molecule has 2 nitrogen and oxygen atoms in total. The molecule has 0 radical (unpaired) electrons. The monoisotopic (exact) mass is 130 g/mol. The quantitative estimate of drug-likeness (QED) is 0.467. The molecule has 3 heterocycles. The predicted octanol–water partition coefficient (Wildman–Crippen LogP) is 2.09. The van der Waals surface area contributed by atoms with E-state index < -0.39 is 0 Å². The van der Waals surface area contributed by atoms with Crippen LogP contribution in [0.5, 0.6) is 0 Å². The minimum atomic E-state index is 1.23. The molecule has 2 heteroatoms. The van der Waals surface area contributed by atoms with Gasteiger partial charge in [0.15, 0.2) is 0 Å². The van der Waals surface area contributed by atoms with Crippen LogP contribution in [0.15, 0.2) is 24.5 Å². The van der Waals surface area contributed by atoms with Crippen molar-refractivity contribution in [2.24, 2.45) is 0 Å². The lowest BCUT2D eigenvalue weighted by Gasteiger charge is -1.77. The molecule has 0 unspecified atom stereocenters. The highest BCUT2D eigenvalue weighted by atomic mass is 14.7. The van der Waals surface area contributed by atoms with Crippen LogP contribution in [0.4, 0.5) is 0 Å². The summed E-state index contributed by atoms with van der Waals surface area (Å²) in [5.41, 5.74) is 2.46. The van der Waals surface area contributed by atoms with Gasteiger partial charge in [-0.1, -0.05) is 0 Å². The fourth-order valence-corrected chi connectivity index (χ4v) is 1.52. The number of rotatable bonds is 0. The minimum absolute atomic E-state index is 1.23. The topological polar surface area (TPSA) is 31.6 Å². The summed E-state index contributed by atoms with van der Waals surface area (Å²) in [5.74, 6) is 0. The van der Waals surface area contributed by atoms with Gasteiger partial charge in [0.1, 0.15) is 0 Å². The first-order valence-corrected chi connectivity index (χ1v) is 3.32. The van der Waals surface area contributed by atoms with Crippen LogP contribution in [0.3, 0.4) is 0 Å². The second kappa shape index (κ2) is 1.19. The maximum absolute atomic E-state index is 3.28. The molecule has 0 spiro atoms. The van der Waals surface area contributed by atoms with E-state index in [4.69, 9.17) is 0 Å². The number of hydrogen-bond donors (Lipinski definition) is 2. The zero-order valence-electron chi connectivity index (χ0n) is 5.31. The largest absolute Gasteiger partial charge is 0.366 e. The summed E-state index contributed by atoms with van der Waals surface area (Å²) in [5, 5.41) is 2.61. The van der Waals surface area contributed by atoms with E-state index in [1.165, 1.54) is 21.8 Å². The number of aromatic nitrogens is 2. The van der Waals surface area contributed by atoms with Crippen LogP contribution in [0.1, 0.15) is 0 Å². The third-order valence-electron chi connectivity index (χ3n) is 2.01. The van der Waals surface area contributed by atoms with Gasteiger partial charge >= 0.3 is 0 Å². The van der Waals surface area contributed by atoms with Crippen LogP contribution in [0, 0.1) is 0 Å². The molecule has 3 aromatic rings. The third kappa shape index (κ3) is 0.310. The second-order valence-electron chi connectivity index (χ2n) is 2.57. The Kier molecular flexibility index (Phi) is 0.520. The Labute approximate surface area is 57.2 Å². The highest BCUT2D eigenvalue weighted by Gasteiger charge is 2.04. The average molecular weight is 130 g/mol. The van der Waals surface area contributed by atoms with E-state index in [-0.39, 0.29) is 0 Å². The summed E-state index contributed by atoms with van der Waals surface area (Å²) in [6.45, 7) is 0. The molecule has 10 heavy (non-hydrogen) atoms. The molecular weight excluding hydrogens is 124 g/mol. The fraction of sp³-hybridized carbons (Fsp3) is 0. The normalized spacial score (nSPS) is 12.0. The van der Waals surface area contributed by atoms with Gasteiger partial charge in [0.2, 0.25) is 0 Å². The van der Waals surface area contributed by atoms with E-state index in [1.54, 1.807) is 0 Å². The number of H-pyrrole nitrogens is 2. The molecule has 0 atom stereocenters. The summed E-state index contributed by atoms with van der Waals surface area (Å²) >= 11 is 0. The van der Waals surface area contributed by atoms with Crippen LogP contribution >= 0.6 is 0 Å². The van der Waals surface area contributed by atoms with Crippen molar-refractivity contribution >= 4 is 21.8 Å². The molecule has 2 N–H and O–H groups in total. The molecule has 48 valence electrons. The van der Waals surface area contributed by atoms with Gasteiger partial charge in [0.05, 0.1) is 0 Å². The van der Waals surface area contributed by atoms with Crippen LogP contribution < -0.4 is 0 Å². The number of benzene rings is 1. The van der Waals surface area contributed by atoms with Crippen LogP contribution in [0.25, 0.3) is 21.8 Å². The number of nitrogens with one attached hydrogen (secondary N) is 2. The van der Waals surface area contributed by atoms with E-state index >= 15 is 0 Å². The Bertz CT molecular complexity index is 421. The number of aromatic amines is 2. The molecule has 3 aromatic heterocycles. The van der Waals surface area contributed by atoms with Crippen molar-refractivity contribution in [3.63, 3.8) is 0 Å². The molecule has 3 rings (SSSR count). The Morgan fingerprint density at radius 1 is 0.900 bits per heavy atom. The first-order valence-electron chi connectivity index (χ1n) is 3.32. The molecule has 2 bridgehead atoms. The molecule has 0 aliphatic rings. The van der Waals surface area contributed by atoms with Gasteiger partial charge in [0.25, 0.3) is 0 Å². The van der Waals surface area contributed by atoms with Crippen molar-refractivity contribution in [1.82, 2.24) is 9.97 Å².